The van der Waals surface area contributed by atoms with E-state index in [0.717, 1.165) is 27.0 Å². The average Bonchev–Trinajstić information content (AvgIpc) is 3.00. The standard InChI is InChI=1S/C22H21BrCl2N4O3/c1-13-22(23)14(2)29(28-13)11-21(30)27-26-10-15-4-7-19(20(8-15)31-3)32-12-16-5-6-17(24)9-18(16)25/h4-10H,11-12H2,1-3H3,(H,27,30). The molecule has 0 radical (unpaired) electrons. The predicted molar refractivity (Wildman–Crippen MR) is 129 cm³/mol. The van der Waals surface area contributed by atoms with Gasteiger partial charge in [-0.3, -0.25) is 9.48 Å². The Morgan fingerprint density at radius 3 is 2.66 bits per heavy atom. The number of hydrazone groups is 1. The first kappa shape index (κ1) is 24.1. The van der Waals surface area contributed by atoms with Gasteiger partial charge in [-0.25, -0.2) is 5.43 Å². The van der Waals surface area contributed by atoms with Gasteiger partial charge in [-0.1, -0.05) is 29.3 Å². The highest BCUT2D eigenvalue weighted by molar-refractivity contribution is 9.10. The van der Waals surface area contributed by atoms with E-state index in [4.69, 9.17) is 32.7 Å². The molecule has 3 aromatic rings. The van der Waals surface area contributed by atoms with Crippen molar-refractivity contribution in [1.82, 2.24) is 15.2 Å². The van der Waals surface area contributed by atoms with E-state index < -0.39 is 0 Å². The van der Waals surface area contributed by atoms with Gasteiger partial charge in [0.15, 0.2) is 11.5 Å². The Morgan fingerprint density at radius 2 is 2.00 bits per heavy atom. The number of hydrogen-bond donors (Lipinski definition) is 1. The van der Waals surface area contributed by atoms with Crippen LogP contribution in [0.2, 0.25) is 10.0 Å². The molecule has 0 unspecified atom stereocenters. The molecule has 0 aliphatic heterocycles. The molecule has 32 heavy (non-hydrogen) atoms. The number of methoxy groups -OCH3 is 1. The van der Waals surface area contributed by atoms with Crippen LogP contribution in [0.5, 0.6) is 11.5 Å². The zero-order valence-corrected chi connectivity index (χ0v) is 20.8. The zero-order chi connectivity index (χ0) is 23.3. The summed E-state index contributed by atoms with van der Waals surface area (Å²) in [6.45, 7) is 4.09. The molecule has 10 heteroatoms. The summed E-state index contributed by atoms with van der Waals surface area (Å²) in [4.78, 5) is 12.2. The van der Waals surface area contributed by atoms with Crippen LogP contribution < -0.4 is 14.9 Å². The summed E-state index contributed by atoms with van der Waals surface area (Å²) in [6.07, 6.45) is 1.53. The fourth-order valence-electron chi connectivity index (χ4n) is 2.86. The lowest BCUT2D eigenvalue weighted by atomic mass is 10.2. The van der Waals surface area contributed by atoms with Gasteiger partial charge in [-0.15, -0.1) is 0 Å². The van der Waals surface area contributed by atoms with Gasteiger partial charge in [-0.05, 0) is 65.7 Å². The van der Waals surface area contributed by atoms with E-state index in [2.05, 4.69) is 31.6 Å². The first-order chi connectivity index (χ1) is 15.3. The van der Waals surface area contributed by atoms with Crippen molar-refractivity contribution in [2.75, 3.05) is 7.11 Å². The van der Waals surface area contributed by atoms with E-state index in [1.165, 1.54) is 6.21 Å². The number of carbonyl (C=O) groups excluding carboxylic acids is 1. The summed E-state index contributed by atoms with van der Waals surface area (Å²) in [5.41, 5.74) is 5.74. The maximum absolute atomic E-state index is 12.2. The molecule has 0 atom stereocenters. The summed E-state index contributed by atoms with van der Waals surface area (Å²) in [5.74, 6) is 0.791. The molecule has 1 N–H and O–H groups in total. The Kier molecular flexibility index (Phi) is 8.17. The monoisotopic (exact) mass is 538 g/mol. The number of rotatable bonds is 8. The lowest BCUT2D eigenvalue weighted by Gasteiger charge is -2.12. The molecule has 0 bridgehead atoms. The fourth-order valence-corrected chi connectivity index (χ4v) is 3.60. The van der Waals surface area contributed by atoms with E-state index in [9.17, 15) is 4.79 Å². The van der Waals surface area contributed by atoms with Crippen molar-refractivity contribution in [3.63, 3.8) is 0 Å². The Morgan fingerprint density at radius 1 is 1.22 bits per heavy atom. The van der Waals surface area contributed by atoms with Crippen LogP contribution in [0.4, 0.5) is 0 Å². The SMILES string of the molecule is COc1cc(C=NNC(=O)Cn2nc(C)c(Br)c2C)ccc1OCc1ccc(Cl)cc1Cl. The average molecular weight is 540 g/mol. The number of ether oxygens (including phenoxy) is 2. The summed E-state index contributed by atoms with van der Waals surface area (Å²) >= 11 is 15.6. The highest BCUT2D eigenvalue weighted by Crippen LogP contribution is 2.30. The highest BCUT2D eigenvalue weighted by atomic mass is 79.9. The van der Waals surface area contributed by atoms with Crippen molar-refractivity contribution in [2.24, 2.45) is 5.10 Å². The smallest absolute Gasteiger partial charge is 0.261 e. The van der Waals surface area contributed by atoms with E-state index >= 15 is 0 Å². The van der Waals surface area contributed by atoms with E-state index in [-0.39, 0.29) is 19.1 Å². The minimum absolute atomic E-state index is 0.0684. The topological polar surface area (TPSA) is 77.7 Å². The summed E-state index contributed by atoms with van der Waals surface area (Å²) in [5, 5.41) is 9.42. The van der Waals surface area contributed by atoms with Gasteiger partial charge in [0.25, 0.3) is 5.91 Å². The van der Waals surface area contributed by atoms with Gasteiger partial charge in [0.05, 0.1) is 29.2 Å². The molecule has 0 aliphatic carbocycles. The molecule has 0 aliphatic rings. The van der Waals surface area contributed by atoms with Gasteiger partial charge in [-0.2, -0.15) is 10.2 Å². The van der Waals surface area contributed by atoms with Crippen LogP contribution in [-0.2, 0) is 17.9 Å². The highest BCUT2D eigenvalue weighted by Gasteiger charge is 2.11. The van der Waals surface area contributed by atoms with Gasteiger partial charge in [0.2, 0.25) is 0 Å². The molecular weight excluding hydrogens is 519 g/mol. The minimum Gasteiger partial charge on any atom is -0.493 e. The fraction of sp³-hybridized carbons (Fsp3) is 0.227. The third-order valence-corrected chi connectivity index (χ3v) is 6.31. The van der Waals surface area contributed by atoms with Crippen LogP contribution in [0.15, 0.2) is 46.0 Å². The molecule has 3 rings (SSSR count). The molecule has 0 fully saturated rings. The van der Waals surface area contributed by atoms with Crippen molar-refractivity contribution < 1.29 is 14.3 Å². The summed E-state index contributed by atoms with van der Waals surface area (Å²) < 4.78 is 13.8. The zero-order valence-electron chi connectivity index (χ0n) is 17.7. The maximum Gasteiger partial charge on any atom is 0.261 e. The first-order valence-corrected chi connectivity index (χ1v) is 11.1. The van der Waals surface area contributed by atoms with Crippen LogP contribution in [0, 0.1) is 13.8 Å². The molecule has 1 aromatic heterocycles. The first-order valence-electron chi connectivity index (χ1n) is 9.54. The van der Waals surface area contributed by atoms with Crippen molar-refractivity contribution in [3.8, 4) is 11.5 Å². The van der Waals surface area contributed by atoms with Crippen molar-refractivity contribution in [2.45, 2.75) is 27.0 Å². The summed E-state index contributed by atoms with van der Waals surface area (Å²) in [7, 11) is 1.55. The van der Waals surface area contributed by atoms with Crippen LogP contribution in [-0.4, -0.2) is 29.0 Å². The Bertz CT molecular complexity index is 1160. The molecule has 2 aromatic carbocycles. The molecule has 0 spiro atoms. The molecule has 1 heterocycles. The number of carbonyl (C=O) groups is 1. The number of amides is 1. The van der Waals surface area contributed by atoms with E-state index in [1.54, 1.807) is 42.1 Å². The molecule has 1 amide bonds. The molecule has 7 nitrogen and oxygen atoms in total. The molecule has 0 saturated carbocycles. The predicted octanol–water partition coefficient (Wildman–Crippen LogP) is 5.31. The van der Waals surface area contributed by atoms with Crippen molar-refractivity contribution in [3.05, 3.63) is 73.4 Å². The lowest BCUT2D eigenvalue weighted by molar-refractivity contribution is -0.121. The van der Waals surface area contributed by atoms with Crippen molar-refractivity contribution in [1.29, 1.82) is 0 Å². The Balaban J connectivity index is 1.60. The second-order valence-corrected chi connectivity index (χ2v) is 8.51. The maximum atomic E-state index is 12.2. The van der Waals surface area contributed by atoms with Gasteiger partial charge >= 0.3 is 0 Å². The van der Waals surface area contributed by atoms with Gasteiger partial charge in [0.1, 0.15) is 13.2 Å². The van der Waals surface area contributed by atoms with Gasteiger partial charge < -0.3 is 9.47 Å². The Labute approximate surface area is 204 Å². The second kappa shape index (κ2) is 10.8. The normalized spacial score (nSPS) is 11.1. The van der Waals surface area contributed by atoms with Crippen LogP contribution in [0.25, 0.3) is 0 Å². The molecular formula is C22H21BrCl2N4O3. The van der Waals surface area contributed by atoms with Crippen LogP contribution in [0.1, 0.15) is 22.5 Å². The number of aromatic nitrogens is 2. The third kappa shape index (κ3) is 6.03. The lowest BCUT2D eigenvalue weighted by Crippen LogP contribution is -2.24. The van der Waals surface area contributed by atoms with Crippen molar-refractivity contribution >= 4 is 51.3 Å². The molecule has 168 valence electrons. The second-order valence-electron chi connectivity index (χ2n) is 6.87. The summed E-state index contributed by atoms with van der Waals surface area (Å²) in [6, 6.07) is 10.6. The minimum atomic E-state index is -0.286. The largest absolute Gasteiger partial charge is 0.493 e. The van der Waals surface area contributed by atoms with Crippen LogP contribution in [0.3, 0.4) is 0 Å². The number of benzene rings is 2. The molecule has 0 saturated heterocycles. The quantitative estimate of drug-likeness (QED) is 0.311. The van der Waals surface area contributed by atoms with Crippen LogP contribution >= 0.6 is 39.1 Å². The third-order valence-electron chi connectivity index (χ3n) is 4.58. The van der Waals surface area contributed by atoms with Gasteiger partial charge in [0, 0.05) is 15.6 Å². The number of nitrogens with one attached hydrogen (secondary N) is 1. The Hall–Kier alpha value is -2.55. The number of nitrogens with zero attached hydrogens (tertiary/aromatic N) is 3. The van der Waals surface area contributed by atoms with E-state index in [0.29, 0.717) is 21.5 Å². The number of halogens is 3. The number of hydrogen-bond acceptors (Lipinski definition) is 5. The number of aryl methyl sites for hydroxylation is 1. The van der Waals surface area contributed by atoms with E-state index in [1.807, 2.05) is 19.9 Å².